The van der Waals surface area contributed by atoms with Gasteiger partial charge in [-0.05, 0) is 6.07 Å². The molecule has 0 saturated heterocycles. The number of benzene rings is 1. The Morgan fingerprint density at radius 1 is 1.50 bits per heavy atom. The molecule has 0 fully saturated rings. The van der Waals surface area contributed by atoms with Crippen LogP contribution in [-0.4, -0.2) is 15.8 Å². The van der Waals surface area contributed by atoms with Gasteiger partial charge in [-0.15, -0.1) is 11.3 Å². The number of carbonyl (C=O) groups is 1. The fraction of sp³-hybridized carbons (Fsp3) is 0.0909. The van der Waals surface area contributed by atoms with Crippen LogP contribution in [0.1, 0.15) is 16.1 Å². The number of nitrogens with one attached hydrogen (secondary N) is 2. The summed E-state index contributed by atoms with van der Waals surface area (Å²) in [6.45, 7) is 0.245. The third kappa shape index (κ3) is 2.90. The number of amides is 1. The SMILES string of the molecule is NNc1c(C(=O)NCc2cscn2)cccc1[N+](=O)[O-]. The van der Waals surface area contributed by atoms with Crippen molar-refractivity contribution in [1.82, 2.24) is 10.3 Å². The van der Waals surface area contributed by atoms with E-state index in [1.807, 2.05) is 0 Å². The molecule has 4 N–H and O–H groups in total. The van der Waals surface area contributed by atoms with E-state index in [9.17, 15) is 14.9 Å². The molecule has 0 unspecified atom stereocenters. The second kappa shape index (κ2) is 6.08. The number of thiazole rings is 1. The number of nitro benzene ring substituents is 1. The van der Waals surface area contributed by atoms with E-state index in [0.29, 0.717) is 0 Å². The molecule has 2 rings (SSSR count). The third-order valence-corrected chi connectivity index (χ3v) is 3.18. The lowest BCUT2D eigenvalue weighted by molar-refractivity contribution is -0.384. The maximum atomic E-state index is 12.0. The Morgan fingerprint density at radius 3 is 2.90 bits per heavy atom. The Hall–Kier alpha value is -2.52. The monoisotopic (exact) mass is 293 g/mol. The minimum atomic E-state index is -0.605. The quantitative estimate of drug-likeness (QED) is 0.433. The van der Waals surface area contributed by atoms with Gasteiger partial charge in [-0.2, -0.15) is 0 Å². The number of carbonyl (C=O) groups excluding carboxylic acids is 1. The minimum absolute atomic E-state index is 0.0201. The Morgan fingerprint density at radius 2 is 2.30 bits per heavy atom. The summed E-state index contributed by atoms with van der Waals surface area (Å²) in [6, 6.07) is 4.15. The lowest BCUT2D eigenvalue weighted by Crippen LogP contribution is -2.25. The third-order valence-electron chi connectivity index (χ3n) is 2.54. The first-order chi connectivity index (χ1) is 9.63. The standard InChI is InChI=1S/C11H11N5O3S/c12-15-10-8(2-1-3-9(10)16(18)19)11(17)13-4-7-5-20-6-14-7/h1-3,5-6,15H,4,12H2,(H,13,17). The van der Waals surface area contributed by atoms with E-state index in [-0.39, 0.29) is 23.5 Å². The first kappa shape index (κ1) is 13.9. The van der Waals surface area contributed by atoms with Gasteiger partial charge in [0.15, 0.2) is 0 Å². The molecule has 0 aliphatic rings. The van der Waals surface area contributed by atoms with Gasteiger partial charge in [0, 0.05) is 11.4 Å². The largest absolute Gasteiger partial charge is 0.346 e. The summed E-state index contributed by atoms with van der Waals surface area (Å²) < 4.78 is 0. The van der Waals surface area contributed by atoms with Gasteiger partial charge in [0.2, 0.25) is 0 Å². The summed E-state index contributed by atoms with van der Waals surface area (Å²) in [5.41, 5.74) is 4.41. The zero-order chi connectivity index (χ0) is 14.5. The van der Waals surface area contributed by atoms with Gasteiger partial charge in [-0.1, -0.05) is 6.07 Å². The molecular weight excluding hydrogens is 282 g/mol. The van der Waals surface area contributed by atoms with E-state index in [2.05, 4.69) is 15.7 Å². The molecule has 0 aliphatic carbocycles. The molecule has 1 amide bonds. The molecule has 104 valence electrons. The molecule has 1 aromatic heterocycles. The van der Waals surface area contributed by atoms with Gasteiger partial charge >= 0.3 is 0 Å². The van der Waals surface area contributed by atoms with E-state index < -0.39 is 10.8 Å². The smallest absolute Gasteiger partial charge is 0.294 e. The van der Waals surface area contributed by atoms with Crippen molar-refractivity contribution in [3.63, 3.8) is 0 Å². The van der Waals surface area contributed by atoms with Gasteiger partial charge < -0.3 is 10.7 Å². The number of aromatic nitrogens is 1. The van der Waals surface area contributed by atoms with Crippen LogP contribution < -0.4 is 16.6 Å². The van der Waals surface area contributed by atoms with Crippen LogP contribution in [0.5, 0.6) is 0 Å². The van der Waals surface area contributed by atoms with Crippen molar-refractivity contribution in [2.45, 2.75) is 6.54 Å². The van der Waals surface area contributed by atoms with Crippen LogP contribution in [0.2, 0.25) is 0 Å². The van der Waals surface area contributed by atoms with E-state index in [1.165, 1.54) is 29.5 Å². The average molecular weight is 293 g/mol. The number of hydrogen-bond donors (Lipinski definition) is 3. The summed E-state index contributed by atoms with van der Waals surface area (Å²) in [6.07, 6.45) is 0. The van der Waals surface area contributed by atoms with Gasteiger partial charge in [-0.25, -0.2) is 4.98 Å². The summed E-state index contributed by atoms with van der Waals surface area (Å²) in [4.78, 5) is 26.3. The molecule has 2 aromatic rings. The Balaban J connectivity index is 2.21. The molecule has 0 aliphatic heterocycles. The van der Waals surface area contributed by atoms with E-state index in [0.717, 1.165) is 5.69 Å². The molecule has 0 saturated carbocycles. The molecule has 1 heterocycles. The topological polar surface area (TPSA) is 123 Å². The Bertz CT molecular complexity index is 629. The lowest BCUT2D eigenvalue weighted by atomic mass is 10.1. The van der Waals surface area contributed by atoms with Gasteiger partial charge in [0.25, 0.3) is 11.6 Å². The number of hydrazine groups is 1. The molecule has 9 heteroatoms. The van der Waals surface area contributed by atoms with Crippen molar-refractivity contribution < 1.29 is 9.72 Å². The Labute approximate surface area is 117 Å². The number of anilines is 1. The number of nitrogens with zero attached hydrogens (tertiary/aromatic N) is 2. The van der Waals surface area contributed by atoms with Crippen LogP contribution in [0.15, 0.2) is 29.1 Å². The summed E-state index contributed by atoms with van der Waals surface area (Å²) in [7, 11) is 0. The number of nitrogen functional groups attached to an aromatic ring is 1. The predicted molar refractivity (Wildman–Crippen MR) is 74.2 cm³/mol. The Kier molecular flexibility index (Phi) is 4.23. The van der Waals surface area contributed by atoms with E-state index in [1.54, 1.807) is 10.9 Å². The van der Waals surface area contributed by atoms with Crippen LogP contribution in [0.4, 0.5) is 11.4 Å². The minimum Gasteiger partial charge on any atom is -0.346 e. The highest BCUT2D eigenvalue weighted by atomic mass is 32.1. The summed E-state index contributed by atoms with van der Waals surface area (Å²) in [5.74, 6) is 4.81. The fourth-order valence-corrected chi connectivity index (χ4v) is 2.18. The van der Waals surface area contributed by atoms with Crippen LogP contribution in [-0.2, 0) is 6.54 Å². The summed E-state index contributed by atoms with van der Waals surface area (Å²) >= 11 is 1.42. The zero-order valence-corrected chi connectivity index (χ0v) is 11.0. The van der Waals surface area contributed by atoms with Gasteiger partial charge in [-0.3, -0.25) is 20.8 Å². The number of nitrogens with two attached hydrogens (primary N) is 1. The number of hydrogen-bond acceptors (Lipinski definition) is 7. The van der Waals surface area contributed by atoms with Gasteiger partial charge in [0.1, 0.15) is 5.69 Å². The van der Waals surface area contributed by atoms with E-state index >= 15 is 0 Å². The fourth-order valence-electron chi connectivity index (χ4n) is 1.62. The van der Waals surface area contributed by atoms with Crippen LogP contribution in [0.25, 0.3) is 0 Å². The molecule has 0 spiro atoms. The number of nitro groups is 1. The first-order valence-corrected chi connectivity index (χ1v) is 6.47. The molecule has 1 aromatic carbocycles. The highest BCUT2D eigenvalue weighted by molar-refractivity contribution is 7.07. The molecule has 20 heavy (non-hydrogen) atoms. The molecule has 8 nitrogen and oxygen atoms in total. The normalized spacial score (nSPS) is 10.1. The van der Waals surface area contributed by atoms with Crippen molar-refractivity contribution >= 4 is 28.6 Å². The summed E-state index contributed by atoms with van der Waals surface area (Å²) in [5, 5.41) is 15.3. The van der Waals surface area contributed by atoms with Crippen molar-refractivity contribution in [3.05, 3.63) is 50.5 Å². The van der Waals surface area contributed by atoms with Crippen LogP contribution in [0, 0.1) is 10.1 Å². The van der Waals surface area contributed by atoms with Crippen molar-refractivity contribution in [2.75, 3.05) is 5.43 Å². The molecular formula is C11H11N5O3S. The van der Waals surface area contributed by atoms with Crippen molar-refractivity contribution in [3.8, 4) is 0 Å². The van der Waals surface area contributed by atoms with Crippen LogP contribution >= 0.6 is 11.3 Å². The van der Waals surface area contributed by atoms with Gasteiger partial charge in [0.05, 0.1) is 28.2 Å². The van der Waals surface area contributed by atoms with Crippen LogP contribution in [0.3, 0.4) is 0 Å². The molecule has 0 atom stereocenters. The lowest BCUT2D eigenvalue weighted by Gasteiger charge is -2.09. The second-order valence-electron chi connectivity index (χ2n) is 3.76. The maximum absolute atomic E-state index is 12.0. The van der Waals surface area contributed by atoms with Crippen molar-refractivity contribution in [1.29, 1.82) is 0 Å². The number of rotatable bonds is 5. The average Bonchev–Trinajstić information content (AvgIpc) is 2.97. The first-order valence-electron chi connectivity index (χ1n) is 5.52. The molecule has 0 radical (unpaired) electrons. The second-order valence-corrected chi connectivity index (χ2v) is 4.48. The van der Waals surface area contributed by atoms with Crippen molar-refractivity contribution in [2.24, 2.45) is 5.84 Å². The molecule has 0 bridgehead atoms. The zero-order valence-electron chi connectivity index (χ0n) is 10.2. The number of para-hydroxylation sites is 1. The highest BCUT2D eigenvalue weighted by Crippen LogP contribution is 2.27. The highest BCUT2D eigenvalue weighted by Gasteiger charge is 2.20. The maximum Gasteiger partial charge on any atom is 0.294 e. The van der Waals surface area contributed by atoms with E-state index in [4.69, 9.17) is 5.84 Å². The predicted octanol–water partition coefficient (Wildman–Crippen LogP) is 1.27.